The second kappa shape index (κ2) is 9.03. The van der Waals surface area contributed by atoms with Crippen LogP contribution in [0.2, 0.25) is 0 Å². The number of carbonyl (C=O) groups excluding carboxylic acids is 1. The summed E-state index contributed by atoms with van der Waals surface area (Å²) in [6, 6.07) is 10.8. The summed E-state index contributed by atoms with van der Waals surface area (Å²) in [7, 11) is -3.30. The van der Waals surface area contributed by atoms with E-state index in [4.69, 9.17) is 14.6 Å². The van der Waals surface area contributed by atoms with Crippen molar-refractivity contribution in [3.05, 3.63) is 59.0 Å². The van der Waals surface area contributed by atoms with Crippen LogP contribution in [0.25, 0.3) is 0 Å². The number of ether oxygens (including phenoxy) is 2. The summed E-state index contributed by atoms with van der Waals surface area (Å²) in [5.74, 6) is 0.789. The van der Waals surface area contributed by atoms with Gasteiger partial charge in [-0.25, -0.2) is 13.4 Å². The van der Waals surface area contributed by atoms with Crippen molar-refractivity contribution in [3.63, 3.8) is 0 Å². The first kappa shape index (κ1) is 20.8. The summed E-state index contributed by atoms with van der Waals surface area (Å²) in [5, 5.41) is 13.7. The SMILES string of the molecule is CS(=O)(=O)c1ccc(Oc2cc(NC(=O)c3nccs3)cc(OCCO)c2)cc1. The first-order valence-corrected chi connectivity index (χ1v) is 11.2. The third-order valence-electron chi connectivity index (χ3n) is 3.61. The minimum atomic E-state index is -3.30. The van der Waals surface area contributed by atoms with Gasteiger partial charge in [-0.3, -0.25) is 4.79 Å². The molecule has 0 atom stereocenters. The molecule has 0 aliphatic rings. The van der Waals surface area contributed by atoms with Crippen LogP contribution in [0.15, 0.2) is 58.9 Å². The number of nitrogens with zero attached hydrogens (tertiary/aromatic N) is 1. The predicted octanol–water partition coefficient (Wildman–Crippen LogP) is 2.96. The molecule has 3 aromatic rings. The average molecular weight is 434 g/mol. The lowest BCUT2D eigenvalue weighted by Crippen LogP contribution is -2.11. The molecule has 29 heavy (non-hydrogen) atoms. The van der Waals surface area contributed by atoms with Crippen LogP contribution in [-0.2, 0) is 9.84 Å². The Morgan fingerprint density at radius 2 is 1.86 bits per heavy atom. The van der Waals surface area contributed by atoms with Crippen molar-refractivity contribution in [3.8, 4) is 17.2 Å². The van der Waals surface area contributed by atoms with Crippen molar-refractivity contribution in [1.82, 2.24) is 4.98 Å². The normalized spacial score (nSPS) is 11.1. The highest BCUT2D eigenvalue weighted by molar-refractivity contribution is 7.90. The highest BCUT2D eigenvalue weighted by Gasteiger charge is 2.12. The Kier molecular flexibility index (Phi) is 6.47. The minimum Gasteiger partial charge on any atom is -0.491 e. The van der Waals surface area contributed by atoms with E-state index in [1.54, 1.807) is 23.6 Å². The number of thiazole rings is 1. The summed E-state index contributed by atoms with van der Waals surface area (Å²) in [5.41, 5.74) is 0.420. The van der Waals surface area contributed by atoms with Gasteiger partial charge in [-0.2, -0.15) is 0 Å². The fourth-order valence-corrected chi connectivity index (χ4v) is 3.52. The van der Waals surface area contributed by atoms with E-state index in [1.807, 2.05) is 0 Å². The van der Waals surface area contributed by atoms with Crippen LogP contribution in [0.4, 0.5) is 5.69 Å². The smallest absolute Gasteiger partial charge is 0.284 e. The number of aliphatic hydroxyl groups is 1. The van der Waals surface area contributed by atoms with Gasteiger partial charge >= 0.3 is 0 Å². The van der Waals surface area contributed by atoms with Crippen LogP contribution in [0.5, 0.6) is 17.2 Å². The van der Waals surface area contributed by atoms with Crippen molar-refractivity contribution >= 4 is 32.8 Å². The van der Waals surface area contributed by atoms with Gasteiger partial charge in [-0.1, -0.05) is 0 Å². The lowest BCUT2D eigenvalue weighted by atomic mass is 10.2. The number of nitrogens with one attached hydrogen (secondary N) is 1. The fraction of sp³-hybridized carbons (Fsp3) is 0.158. The van der Waals surface area contributed by atoms with Crippen molar-refractivity contribution < 1.29 is 27.8 Å². The van der Waals surface area contributed by atoms with Gasteiger partial charge < -0.3 is 19.9 Å². The number of carbonyl (C=O) groups is 1. The summed E-state index contributed by atoms with van der Waals surface area (Å²) in [6.45, 7) is -0.0920. The Balaban J connectivity index is 1.83. The van der Waals surface area contributed by atoms with Gasteiger partial charge in [0.15, 0.2) is 14.8 Å². The standard InChI is InChI=1S/C19H18N2O6S2/c1-29(24,25)17-4-2-14(3-5-17)27-16-11-13(10-15(12-16)26-8-7-22)21-18(23)19-20-6-9-28-19/h2-6,9-12,22H,7-8H2,1H3,(H,21,23). The number of rotatable bonds is 8. The number of hydrogen-bond donors (Lipinski definition) is 2. The molecule has 2 N–H and O–H groups in total. The molecule has 0 spiro atoms. The zero-order valence-corrected chi connectivity index (χ0v) is 17.0. The average Bonchev–Trinajstić information content (AvgIpc) is 3.21. The van der Waals surface area contributed by atoms with E-state index < -0.39 is 9.84 Å². The first-order valence-electron chi connectivity index (χ1n) is 8.43. The van der Waals surface area contributed by atoms with E-state index in [0.29, 0.717) is 27.9 Å². The van der Waals surface area contributed by atoms with E-state index in [0.717, 1.165) is 6.26 Å². The predicted molar refractivity (Wildman–Crippen MR) is 109 cm³/mol. The molecule has 0 saturated heterocycles. The zero-order valence-electron chi connectivity index (χ0n) is 15.4. The molecule has 0 saturated carbocycles. The third-order valence-corrected chi connectivity index (χ3v) is 5.51. The van der Waals surface area contributed by atoms with E-state index in [-0.39, 0.29) is 24.0 Å². The first-order chi connectivity index (χ1) is 13.8. The number of aromatic nitrogens is 1. The number of hydrogen-bond acceptors (Lipinski definition) is 8. The van der Waals surface area contributed by atoms with Gasteiger partial charge in [0.2, 0.25) is 0 Å². The van der Waals surface area contributed by atoms with Crippen LogP contribution in [0, 0.1) is 0 Å². The Morgan fingerprint density at radius 1 is 1.14 bits per heavy atom. The van der Waals surface area contributed by atoms with Crippen LogP contribution in [-0.4, -0.2) is 43.9 Å². The minimum absolute atomic E-state index is 0.0758. The van der Waals surface area contributed by atoms with Crippen LogP contribution >= 0.6 is 11.3 Å². The summed E-state index contributed by atoms with van der Waals surface area (Å²) >= 11 is 1.21. The molecule has 1 heterocycles. The van der Waals surface area contributed by atoms with Gasteiger partial charge in [-0.05, 0) is 24.3 Å². The lowest BCUT2D eigenvalue weighted by molar-refractivity contribution is 0.102. The Labute approximate surface area is 171 Å². The van der Waals surface area contributed by atoms with E-state index >= 15 is 0 Å². The Bertz CT molecular complexity index is 1080. The van der Waals surface area contributed by atoms with Crippen molar-refractivity contribution in [2.45, 2.75) is 4.90 Å². The van der Waals surface area contributed by atoms with Crippen LogP contribution in [0.3, 0.4) is 0 Å². The van der Waals surface area contributed by atoms with Crippen molar-refractivity contribution in [1.29, 1.82) is 0 Å². The van der Waals surface area contributed by atoms with Crippen LogP contribution < -0.4 is 14.8 Å². The van der Waals surface area contributed by atoms with Gasteiger partial charge in [0.25, 0.3) is 5.91 Å². The van der Waals surface area contributed by atoms with E-state index in [9.17, 15) is 13.2 Å². The molecular weight excluding hydrogens is 416 g/mol. The highest BCUT2D eigenvalue weighted by Crippen LogP contribution is 2.30. The molecule has 0 aliphatic heterocycles. The Morgan fingerprint density at radius 3 is 2.48 bits per heavy atom. The molecule has 0 aliphatic carbocycles. The molecular formula is C19H18N2O6S2. The van der Waals surface area contributed by atoms with Crippen molar-refractivity contribution in [2.24, 2.45) is 0 Å². The summed E-state index contributed by atoms with van der Waals surface area (Å²) in [4.78, 5) is 16.4. The second-order valence-electron chi connectivity index (χ2n) is 5.90. The largest absolute Gasteiger partial charge is 0.491 e. The molecule has 1 amide bonds. The van der Waals surface area contributed by atoms with Crippen molar-refractivity contribution in [2.75, 3.05) is 24.8 Å². The maximum absolute atomic E-state index is 12.3. The summed E-state index contributed by atoms with van der Waals surface area (Å²) in [6.07, 6.45) is 2.66. The lowest BCUT2D eigenvalue weighted by Gasteiger charge is -2.12. The van der Waals surface area contributed by atoms with Crippen LogP contribution in [0.1, 0.15) is 9.80 Å². The molecule has 0 bridgehead atoms. The summed E-state index contributed by atoms with van der Waals surface area (Å²) < 4.78 is 34.4. The van der Waals surface area contributed by atoms with Gasteiger partial charge in [-0.15, -0.1) is 11.3 Å². The maximum Gasteiger partial charge on any atom is 0.284 e. The maximum atomic E-state index is 12.3. The monoisotopic (exact) mass is 434 g/mol. The molecule has 152 valence electrons. The zero-order chi connectivity index (χ0) is 20.9. The van der Waals surface area contributed by atoms with Gasteiger partial charge in [0.1, 0.15) is 23.9 Å². The third kappa shape index (κ3) is 5.76. The molecule has 2 aromatic carbocycles. The number of aliphatic hydroxyl groups excluding tert-OH is 1. The van der Waals surface area contributed by atoms with E-state index in [1.165, 1.54) is 41.8 Å². The molecule has 3 rings (SSSR count). The van der Waals surface area contributed by atoms with Gasteiger partial charge in [0.05, 0.1) is 11.5 Å². The molecule has 10 heteroatoms. The number of anilines is 1. The number of benzene rings is 2. The molecule has 1 aromatic heterocycles. The molecule has 0 unspecified atom stereocenters. The highest BCUT2D eigenvalue weighted by atomic mass is 32.2. The second-order valence-corrected chi connectivity index (χ2v) is 8.81. The Hall–Kier alpha value is -2.95. The number of sulfone groups is 1. The molecule has 0 fully saturated rings. The fourth-order valence-electron chi connectivity index (χ4n) is 2.36. The molecule has 0 radical (unpaired) electrons. The quantitative estimate of drug-likeness (QED) is 0.560. The topological polar surface area (TPSA) is 115 Å². The molecule has 8 nitrogen and oxygen atoms in total. The van der Waals surface area contributed by atoms with E-state index in [2.05, 4.69) is 10.3 Å². The number of amides is 1. The van der Waals surface area contributed by atoms with Gasteiger partial charge in [0, 0.05) is 41.7 Å².